The Hall–Kier alpha value is -1.64. The summed E-state index contributed by atoms with van der Waals surface area (Å²) in [5.41, 5.74) is 0.994. The molecule has 0 saturated carbocycles. The van der Waals surface area contributed by atoms with Crippen LogP contribution in [0.2, 0.25) is 0 Å². The molecular weight excluding hydrogens is 202 g/mol. The standard InChI is InChI=1S/C13H18NO2/c1-11(2)9-14(3)13(15)16-10-12-7-5-4-6-8-12/h4-9,11H,10H2,1-3H3/q+1/b14-9-. The minimum absolute atomic E-state index is 0.315. The fraction of sp³-hybridized carbons (Fsp3) is 0.385. The first-order valence-corrected chi connectivity index (χ1v) is 5.38. The second kappa shape index (κ2) is 6.05. The molecule has 0 fully saturated rings. The van der Waals surface area contributed by atoms with Crippen LogP contribution in [-0.2, 0) is 11.3 Å². The van der Waals surface area contributed by atoms with Crippen LogP contribution < -0.4 is 0 Å². The monoisotopic (exact) mass is 220 g/mol. The normalized spacial score (nSPS) is 11.6. The molecule has 1 aromatic rings. The number of ether oxygens (including phenoxy) is 1. The van der Waals surface area contributed by atoms with Gasteiger partial charge in [-0.2, -0.15) is 4.79 Å². The zero-order valence-electron chi connectivity index (χ0n) is 10.0. The van der Waals surface area contributed by atoms with Crippen molar-refractivity contribution < 1.29 is 14.1 Å². The van der Waals surface area contributed by atoms with Crippen molar-refractivity contribution in [2.24, 2.45) is 5.92 Å². The maximum atomic E-state index is 11.5. The molecule has 0 atom stereocenters. The molecule has 0 heterocycles. The van der Waals surface area contributed by atoms with E-state index in [2.05, 4.69) is 0 Å². The molecule has 0 spiro atoms. The summed E-state index contributed by atoms with van der Waals surface area (Å²) in [6.45, 7) is 4.35. The Morgan fingerprint density at radius 3 is 2.56 bits per heavy atom. The maximum Gasteiger partial charge on any atom is 0.596 e. The van der Waals surface area contributed by atoms with Crippen LogP contribution in [0.15, 0.2) is 30.3 Å². The highest BCUT2D eigenvalue weighted by molar-refractivity contribution is 5.66. The number of carbonyl (C=O) groups excluding carboxylic acids is 1. The molecule has 0 aliphatic heterocycles. The third-order valence-corrected chi connectivity index (χ3v) is 2.01. The number of hydrogen-bond acceptors (Lipinski definition) is 2. The minimum Gasteiger partial charge on any atom is -0.407 e. The van der Waals surface area contributed by atoms with Crippen LogP contribution in [0.5, 0.6) is 0 Å². The van der Waals surface area contributed by atoms with Crippen molar-refractivity contribution >= 4 is 12.3 Å². The Bertz CT molecular complexity index is 369. The van der Waals surface area contributed by atoms with Gasteiger partial charge in [0.15, 0.2) is 6.21 Å². The van der Waals surface area contributed by atoms with Crippen molar-refractivity contribution in [3.63, 3.8) is 0 Å². The number of rotatable bonds is 3. The van der Waals surface area contributed by atoms with Crippen molar-refractivity contribution in [3.05, 3.63) is 35.9 Å². The Morgan fingerprint density at radius 1 is 1.38 bits per heavy atom. The van der Waals surface area contributed by atoms with E-state index < -0.39 is 0 Å². The van der Waals surface area contributed by atoms with Crippen LogP contribution in [-0.4, -0.2) is 23.9 Å². The quantitative estimate of drug-likeness (QED) is 0.579. The fourth-order valence-electron chi connectivity index (χ4n) is 1.33. The van der Waals surface area contributed by atoms with Gasteiger partial charge in [-0.15, -0.1) is 4.58 Å². The molecule has 3 nitrogen and oxygen atoms in total. The molecule has 86 valence electrons. The number of nitrogens with zero attached hydrogens (tertiary/aromatic N) is 1. The molecule has 3 heteroatoms. The average molecular weight is 220 g/mol. The van der Waals surface area contributed by atoms with E-state index in [0.717, 1.165) is 5.56 Å². The fourth-order valence-corrected chi connectivity index (χ4v) is 1.33. The molecule has 1 rings (SSSR count). The van der Waals surface area contributed by atoms with Gasteiger partial charge in [0, 0.05) is 5.92 Å². The van der Waals surface area contributed by atoms with Gasteiger partial charge in [-0.25, -0.2) is 0 Å². The van der Waals surface area contributed by atoms with Crippen molar-refractivity contribution in [1.82, 2.24) is 0 Å². The molecule has 0 bridgehead atoms. The van der Waals surface area contributed by atoms with E-state index in [4.69, 9.17) is 4.74 Å². The highest BCUT2D eigenvalue weighted by Crippen LogP contribution is 2.01. The van der Waals surface area contributed by atoms with Gasteiger partial charge in [0.05, 0.1) is 0 Å². The molecule has 16 heavy (non-hydrogen) atoms. The first kappa shape index (κ1) is 12.4. The summed E-state index contributed by atoms with van der Waals surface area (Å²) >= 11 is 0. The molecule has 0 unspecified atom stereocenters. The third kappa shape index (κ3) is 4.26. The van der Waals surface area contributed by atoms with Crippen LogP contribution in [0.4, 0.5) is 4.79 Å². The van der Waals surface area contributed by atoms with Gasteiger partial charge in [0.2, 0.25) is 0 Å². The van der Waals surface area contributed by atoms with Crippen molar-refractivity contribution in [2.45, 2.75) is 20.5 Å². The summed E-state index contributed by atoms with van der Waals surface area (Å²) in [7, 11) is 1.70. The molecule has 1 aromatic carbocycles. The smallest absolute Gasteiger partial charge is 0.407 e. The van der Waals surface area contributed by atoms with Gasteiger partial charge < -0.3 is 4.74 Å². The van der Waals surface area contributed by atoms with Gasteiger partial charge in [0.25, 0.3) is 0 Å². The van der Waals surface area contributed by atoms with Gasteiger partial charge in [-0.3, -0.25) is 0 Å². The predicted octanol–water partition coefficient (Wildman–Crippen LogP) is 2.69. The van der Waals surface area contributed by atoms with E-state index in [9.17, 15) is 4.79 Å². The molecule has 0 radical (unpaired) electrons. The Balaban J connectivity index is 2.48. The molecule has 0 aromatic heterocycles. The second-order valence-corrected chi connectivity index (χ2v) is 4.04. The zero-order chi connectivity index (χ0) is 12.0. The van der Waals surface area contributed by atoms with Crippen molar-refractivity contribution in [2.75, 3.05) is 7.05 Å². The number of benzene rings is 1. The second-order valence-electron chi connectivity index (χ2n) is 4.04. The zero-order valence-corrected chi connectivity index (χ0v) is 10.0. The Kier molecular flexibility index (Phi) is 4.70. The Morgan fingerprint density at radius 2 is 2.00 bits per heavy atom. The van der Waals surface area contributed by atoms with Crippen LogP contribution in [0, 0.1) is 5.92 Å². The average Bonchev–Trinajstić information content (AvgIpc) is 2.26. The molecular formula is C13H18NO2+. The summed E-state index contributed by atoms with van der Waals surface area (Å²) in [4.78, 5) is 11.5. The maximum absolute atomic E-state index is 11.5. The van der Waals surface area contributed by atoms with E-state index >= 15 is 0 Å². The molecule has 0 N–H and O–H groups in total. The highest BCUT2D eigenvalue weighted by atomic mass is 16.5. The lowest BCUT2D eigenvalue weighted by Gasteiger charge is -2.01. The lowest BCUT2D eigenvalue weighted by molar-refractivity contribution is -0.412. The largest absolute Gasteiger partial charge is 0.596 e. The molecule has 0 aliphatic carbocycles. The van der Waals surface area contributed by atoms with E-state index in [1.54, 1.807) is 7.05 Å². The summed E-state index contributed by atoms with van der Waals surface area (Å²) in [6.07, 6.45) is 1.51. The minimum atomic E-state index is -0.322. The van der Waals surface area contributed by atoms with Gasteiger partial charge in [-0.1, -0.05) is 44.2 Å². The van der Waals surface area contributed by atoms with Gasteiger partial charge in [0.1, 0.15) is 13.7 Å². The lowest BCUT2D eigenvalue weighted by atomic mass is 10.2. The number of hydrogen-bond donors (Lipinski definition) is 0. The van der Waals surface area contributed by atoms with E-state index in [1.807, 2.05) is 50.4 Å². The summed E-state index contributed by atoms with van der Waals surface area (Å²) in [5, 5.41) is 0. The van der Waals surface area contributed by atoms with E-state index in [-0.39, 0.29) is 6.09 Å². The third-order valence-electron chi connectivity index (χ3n) is 2.01. The summed E-state index contributed by atoms with van der Waals surface area (Å²) in [5.74, 6) is 0.328. The van der Waals surface area contributed by atoms with Gasteiger partial charge >= 0.3 is 6.09 Å². The highest BCUT2D eigenvalue weighted by Gasteiger charge is 2.14. The van der Waals surface area contributed by atoms with E-state index in [0.29, 0.717) is 12.5 Å². The van der Waals surface area contributed by atoms with Gasteiger partial charge in [-0.05, 0) is 5.56 Å². The SMILES string of the molecule is CC(C)/C=[N+](/C)C(=O)OCc1ccccc1. The first-order valence-electron chi connectivity index (χ1n) is 5.38. The Labute approximate surface area is 96.4 Å². The lowest BCUT2D eigenvalue weighted by Crippen LogP contribution is -2.20. The predicted molar refractivity (Wildman–Crippen MR) is 63.7 cm³/mol. The van der Waals surface area contributed by atoms with Crippen LogP contribution >= 0.6 is 0 Å². The van der Waals surface area contributed by atoms with E-state index in [1.165, 1.54) is 4.58 Å². The summed E-state index contributed by atoms with van der Waals surface area (Å²) in [6, 6.07) is 9.64. The van der Waals surface area contributed by atoms with Crippen molar-refractivity contribution in [1.29, 1.82) is 0 Å². The van der Waals surface area contributed by atoms with Crippen LogP contribution in [0.25, 0.3) is 0 Å². The van der Waals surface area contributed by atoms with Crippen molar-refractivity contribution in [3.8, 4) is 0 Å². The number of amides is 1. The van der Waals surface area contributed by atoms with Crippen LogP contribution in [0.1, 0.15) is 19.4 Å². The first-order chi connectivity index (χ1) is 7.59. The molecule has 1 amide bonds. The van der Waals surface area contributed by atoms with Crippen LogP contribution in [0.3, 0.4) is 0 Å². The topological polar surface area (TPSA) is 29.3 Å². The number of carbonyl (C=O) groups is 1. The summed E-state index contributed by atoms with van der Waals surface area (Å²) < 4.78 is 6.63. The molecule has 0 saturated heterocycles. The molecule has 0 aliphatic rings.